The van der Waals surface area contributed by atoms with Crippen LogP contribution < -0.4 is 5.32 Å². The summed E-state index contributed by atoms with van der Waals surface area (Å²) in [6.07, 6.45) is 7.20. The predicted octanol–water partition coefficient (Wildman–Crippen LogP) is 4.54. The molecular formula is C22H25N3O. The van der Waals surface area contributed by atoms with Crippen molar-refractivity contribution in [3.63, 3.8) is 0 Å². The molecule has 0 unspecified atom stereocenters. The summed E-state index contributed by atoms with van der Waals surface area (Å²) in [6.45, 7) is 0.268. The fourth-order valence-electron chi connectivity index (χ4n) is 3.89. The molecule has 0 radical (unpaired) electrons. The van der Waals surface area contributed by atoms with Crippen LogP contribution >= 0.6 is 0 Å². The van der Waals surface area contributed by atoms with Gasteiger partial charge >= 0.3 is 0 Å². The molecule has 26 heavy (non-hydrogen) atoms. The van der Waals surface area contributed by atoms with E-state index in [1.807, 2.05) is 41.1 Å². The van der Waals surface area contributed by atoms with E-state index in [1.54, 1.807) is 0 Å². The van der Waals surface area contributed by atoms with Gasteiger partial charge in [0.1, 0.15) is 12.2 Å². The van der Waals surface area contributed by atoms with Gasteiger partial charge in [0.05, 0.1) is 5.52 Å². The lowest BCUT2D eigenvalue weighted by Gasteiger charge is -2.16. The summed E-state index contributed by atoms with van der Waals surface area (Å²) in [4.78, 5) is 12.6. The maximum absolute atomic E-state index is 12.6. The highest BCUT2D eigenvalue weighted by molar-refractivity contribution is 5.94. The van der Waals surface area contributed by atoms with Crippen LogP contribution in [0.25, 0.3) is 22.2 Å². The normalized spacial score (nSPS) is 15.7. The number of nitrogens with zero attached hydrogens (tertiary/aromatic N) is 2. The van der Waals surface area contributed by atoms with Crippen molar-refractivity contribution in [2.45, 2.75) is 51.1 Å². The van der Waals surface area contributed by atoms with E-state index < -0.39 is 0 Å². The number of hydrogen-bond acceptors (Lipinski definition) is 2. The van der Waals surface area contributed by atoms with Crippen LogP contribution in [0.3, 0.4) is 0 Å². The zero-order chi connectivity index (χ0) is 17.8. The van der Waals surface area contributed by atoms with Crippen LogP contribution in [0.15, 0.2) is 54.6 Å². The average Bonchev–Trinajstić information content (AvgIpc) is 2.84. The zero-order valence-electron chi connectivity index (χ0n) is 15.0. The first-order chi connectivity index (χ1) is 12.8. The van der Waals surface area contributed by atoms with Gasteiger partial charge in [0.15, 0.2) is 0 Å². The first-order valence-corrected chi connectivity index (χ1v) is 9.61. The molecule has 1 heterocycles. The minimum absolute atomic E-state index is 0.0600. The zero-order valence-corrected chi connectivity index (χ0v) is 15.0. The standard InChI is InChI=1S/C22H25N3O/c26-21(23-18-12-6-1-2-7-13-18)16-25-20-15-9-8-14-19(20)22(24-25)17-10-4-3-5-11-17/h3-5,8-11,14-15,18H,1-2,6-7,12-13,16H2,(H,23,26). The monoisotopic (exact) mass is 347 g/mol. The largest absolute Gasteiger partial charge is 0.352 e. The van der Waals surface area contributed by atoms with Crippen molar-refractivity contribution in [1.29, 1.82) is 0 Å². The minimum Gasteiger partial charge on any atom is -0.352 e. The lowest BCUT2D eigenvalue weighted by Crippen LogP contribution is -2.36. The lowest BCUT2D eigenvalue weighted by molar-refractivity contribution is -0.122. The highest BCUT2D eigenvalue weighted by Gasteiger charge is 2.17. The number of amides is 1. The third kappa shape index (κ3) is 3.64. The summed E-state index contributed by atoms with van der Waals surface area (Å²) in [5, 5.41) is 9.07. The number of fused-ring (bicyclic) bond motifs is 1. The predicted molar refractivity (Wildman–Crippen MR) is 105 cm³/mol. The number of aromatic nitrogens is 2. The molecule has 1 saturated carbocycles. The first kappa shape index (κ1) is 16.8. The number of carbonyl (C=O) groups excluding carboxylic acids is 1. The van der Waals surface area contributed by atoms with Crippen molar-refractivity contribution in [3.05, 3.63) is 54.6 Å². The Morgan fingerprint density at radius 2 is 1.65 bits per heavy atom. The fourth-order valence-corrected chi connectivity index (χ4v) is 3.89. The molecule has 1 aromatic heterocycles. The van der Waals surface area contributed by atoms with E-state index >= 15 is 0 Å². The Hall–Kier alpha value is -2.62. The minimum atomic E-state index is 0.0600. The van der Waals surface area contributed by atoms with Crippen LogP contribution in [-0.2, 0) is 11.3 Å². The molecule has 1 amide bonds. The SMILES string of the molecule is O=C(Cn1nc(-c2ccccc2)c2ccccc21)NC1CCCCCC1. The third-order valence-electron chi connectivity index (χ3n) is 5.22. The van der Waals surface area contributed by atoms with Gasteiger partial charge in [-0.3, -0.25) is 9.48 Å². The molecule has 0 bridgehead atoms. The van der Waals surface area contributed by atoms with Gasteiger partial charge in [0.25, 0.3) is 0 Å². The number of para-hydroxylation sites is 1. The molecule has 4 rings (SSSR count). The number of hydrogen-bond donors (Lipinski definition) is 1. The molecule has 1 aliphatic carbocycles. The summed E-state index contributed by atoms with van der Waals surface area (Å²) in [6, 6.07) is 18.6. The van der Waals surface area contributed by atoms with Gasteiger partial charge in [-0.25, -0.2) is 0 Å². The summed E-state index contributed by atoms with van der Waals surface area (Å²) in [7, 11) is 0. The maximum atomic E-state index is 12.6. The number of benzene rings is 2. The molecule has 134 valence electrons. The van der Waals surface area contributed by atoms with Crippen molar-refractivity contribution in [2.24, 2.45) is 0 Å². The fraction of sp³-hybridized carbons (Fsp3) is 0.364. The summed E-state index contributed by atoms with van der Waals surface area (Å²) >= 11 is 0. The number of rotatable bonds is 4. The van der Waals surface area contributed by atoms with E-state index in [9.17, 15) is 4.79 Å². The van der Waals surface area contributed by atoms with E-state index in [0.29, 0.717) is 6.04 Å². The third-order valence-corrected chi connectivity index (χ3v) is 5.22. The van der Waals surface area contributed by atoms with Gasteiger partial charge in [-0.15, -0.1) is 0 Å². The molecule has 0 spiro atoms. The first-order valence-electron chi connectivity index (χ1n) is 9.61. The maximum Gasteiger partial charge on any atom is 0.241 e. The van der Waals surface area contributed by atoms with Crippen LogP contribution in [-0.4, -0.2) is 21.7 Å². The number of carbonyl (C=O) groups is 1. The van der Waals surface area contributed by atoms with Crippen molar-refractivity contribution in [3.8, 4) is 11.3 Å². The topological polar surface area (TPSA) is 46.9 Å². The highest BCUT2D eigenvalue weighted by Crippen LogP contribution is 2.27. The molecule has 1 aliphatic rings. The molecule has 3 aromatic rings. The molecule has 0 saturated heterocycles. The highest BCUT2D eigenvalue weighted by atomic mass is 16.2. The van der Waals surface area contributed by atoms with Gasteiger partial charge in [0.2, 0.25) is 5.91 Å². The Balaban J connectivity index is 1.57. The van der Waals surface area contributed by atoms with Gasteiger partial charge in [-0.05, 0) is 18.9 Å². The second-order valence-electron chi connectivity index (χ2n) is 7.15. The van der Waals surface area contributed by atoms with Crippen LogP contribution in [0.5, 0.6) is 0 Å². The Morgan fingerprint density at radius 3 is 2.42 bits per heavy atom. The molecule has 4 nitrogen and oxygen atoms in total. The molecule has 1 fully saturated rings. The Bertz CT molecular complexity index is 877. The molecular weight excluding hydrogens is 322 g/mol. The molecule has 0 atom stereocenters. The van der Waals surface area contributed by atoms with Crippen LogP contribution in [0, 0.1) is 0 Å². The van der Waals surface area contributed by atoms with Crippen LogP contribution in [0.1, 0.15) is 38.5 Å². The van der Waals surface area contributed by atoms with Crippen molar-refractivity contribution in [2.75, 3.05) is 0 Å². The van der Waals surface area contributed by atoms with Gasteiger partial charge in [-0.1, -0.05) is 74.2 Å². The smallest absolute Gasteiger partial charge is 0.241 e. The van der Waals surface area contributed by atoms with E-state index in [1.165, 1.54) is 25.7 Å². The Morgan fingerprint density at radius 1 is 0.962 bits per heavy atom. The quantitative estimate of drug-likeness (QED) is 0.704. The van der Waals surface area contributed by atoms with Gasteiger partial charge in [0, 0.05) is 17.0 Å². The van der Waals surface area contributed by atoms with Gasteiger partial charge < -0.3 is 5.32 Å². The Labute approximate surface area is 154 Å². The lowest BCUT2D eigenvalue weighted by atomic mass is 10.1. The molecule has 2 aromatic carbocycles. The van der Waals surface area contributed by atoms with E-state index in [0.717, 1.165) is 35.0 Å². The van der Waals surface area contributed by atoms with Crippen molar-refractivity contribution < 1.29 is 4.79 Å². The average molecular weight is 347 g/mol. The van der Waals surface area contributed by atoms with Gasteiger partial charge in [-0.2, -0.15) is 5.10 Å². The Kier molecular flexibility index (Phi) is 5.00. The summed E-state index contributed by atoms with van der Waals surface area (Å²) in [5.74, 6) is 0.0600. The van der Waals surface area contributed by atoms with Crippen LogP contribution in [0.2, 0.25) is 0 Å². The summed E-state index contributed by atoms with van der Waals surface area (Å²) in [5.41, 5.74) is 3.01. The molecule has 0 aliphatic heterocycles. The molecule has 4 heteroatoms. The second-order valence-corrected chi connectivity index (χ2v) is 7.15. The number of nitrogens with one attached hydrogen (secondary N) is 1. The molecule has 1 N–H and O–H groups in total. The van der Waals surface area contributed by atoms with E-state index in [-0.39, 0.29) is 12.5 Å². The van der Waals surface area contributed by atoms with E-state index in [2.05, 4.69) is 23.5 Å². The summed E-state index contributed by atoms with van der Waals surface area (Å²) < 4.78 is 1.84. The second kappa shape index (κ2) is 7.73. The van der Waals surface area contributed by atoms with Crippen molar-refractivity contribution >= 4 is 16.8 Å². The van der Waals surface area contributed by atoms with E-state index in [4.69, 9.17) is 5.10 Å². The van der Waals surface area contributed by atoms with Crippen molar-refractivity contribution in [1.82, 2.24) is 15.1 Å². The van der Waals surface area contributed by atoms with Crippen LogP contribution in [0.4, 0.5) is 0 Å².